The van der Waals surface area contributed by atoms with Crippen LogP contribution in [0.4, 0.5) is 0 Å². The van der Waals surface area contributed by atoms with Gasteiger partial charge in [0.2, 0.25) is 0 Å². The quantitative estimate of drug-likeness (QED) is 0.107. The molecule has 0 bridgehead atoms. The SMILES string of the molecule is CCCCCCCCCCCCC(CC)CCCCCCCCCCN(C(C)O)C(C)O. The lowest BCUT2D eigenvalue weighted by atomic mass is 9.92. The van der Waals surface area contributed by atoms with E-state index in [4.69, 9.17) is 0 Å². The van der Waals surface area contributed by atoms with E-state index in [1.807, 2.05) is 0 Å². The van der Waals surface area contributed by atoms with Gasteiger partial charge in [0, 0.05) is 6.54 Å². The van der Waals surface area contributed by atoms with Crippen LogP contribution in [-0.4, -0.2) is 34.1 Å². The fourth-order valence-electron chi connectivity index (χ4n) is 4.95. The third-order valence-corrected chi connectivity index (χ3v) is 7.28. The van der Waals surface area contributed by atoms with Gasteiger partial charge in [0.1, 0.15) is 12.5 Å². The largest absolute Gasteiger partial charge is 0.379 e. The highest BCUT2D eigenvalue weighted by molar-refractivity contribution is 4.61. The lowest BCUT2D eigenvalue weighted by Crippen LogP contribution is -2.40. The molecule has 3 nitrogen and oxygen atoms in total. The van der Waals surface area contributed by atoms with Gasteiger partial charge in [-0.25, -0.2) is 0 Å². The van der Waals surface area contributed by atoms with Crippen molar-refractivity contribution in [2.24, 2.45) is 5.92 Å². The third-order valence-electron chi connectivity index (χ3n) is 7.28. The molecule has 0 aliphatic carbocycles. The molecule has 2 N–H and O–H groups in total. The van der Waals surface area contributed by atoms with Crippen LogP contribution >= 0.6 is 0 Å². The monoisotopic (exact) mass is 455 g/mol. The molecule has 0 aliphatic rings. The van der Waals surface area contributed by atoms with Gasteiger partial charge in [-0.1, -0.05) is 142 Å². The summed E-state index contributed by atoms with van der Waals surface area (Å²) in [5, 5.41) is 19.3. The Balaban J connectivity index is 3.43. The summed E-state index contributed by atoms with van der Waals surface area (Å²) in [6.45, 7) is 8.92. The Morgan fingerprint density at radius 1 is 0.500 bits per heavy atom. The molecule has 3 unspecified atom stereocenters. The van der Waals surface area contributed by atoms with Crippen molar-refractivity contribution in [3.63, 3.8) is 0 Å². The smallest absolute Gasteiger partial charge is 0.106 e. The highest BCUT2D eigenvalue weighted by atomic mass is 16.3. The molecule has 3 atom stereocenters. The zero-order valence-corrected chi connectivity index (χ0v) is 22.6. The fraction of sp³-hybridized carbons (Fsp3) is 1.00. The van der Waals surface area contributed by atoms with E-state index >= 15 is 0 Å². The molecule has 0 aromatic carbocycles. The Bertz CT molecular complexity index is 351. The number of aliphatic hydroxyl groups is 2. The first-order chi connectivity index (χ1) is 15.5. The van der Waals surface area contributed by atoms with Gasteiger partial charge in [-0.2, -0.15) is 0 Å². The van der Waals surface area contributed by atoms with Crippen LogP contribution in [0.5, 0.6) is 0 Å². The number of rotatable bonds is 25. The Labute approximate surface area is 202 Å². The molecule has 32 heavy (non-hydrogen) atoms. The average Bonchev–Trinajstić information content (AvgIpc) is 2.76. The molecule has 0 amide bonds. The van der Waals surface area contributed by atoms with E-state index in [9.17, 15) is 10.2 Å². The van der Waals surface area contributed by atoms with Crippen molar-refractivity contribution < 1.29 is 10.2 Å². The number of hydrogen-bond donors (Lipinski definition) is 2. The van der Waals surface area contributed by atoms with E-state index in [0.29, 0.717) is 0 Å². The molecule has 0 rings (SSSR count). The molecular formula is C29H61NO2. The van der Waals surface area contributed by atoms with Gasteiger partial charge in [-0.05, 0) is 26.2 Å². The summed E-state index contributed by atoms with van der Waals surface area (Å²) in [7, 11) is 0. The first-order valence-electron chi connectivity index (χ1n) is 14.6. The molecule has 0 aromatic heterocycles. The van der Waals surface area contributed by atoms with Crippen LogP contribution in [0.25, 0.3) is 0 Å². The summed E-state index contributed by atoms with van der Waals surface area (Å²) in [6, 6.07) is 0. The number of aliphatic hydroxyl groups excluding tert-OH is 2. The number of unbranched alkanes of at least 4 members (excludes halogenated alkanes) is 16. The Hall–Kier alpha value is -0.120. The minimum Gasteiger partial charge on any atom is -0.379 e. The maximum atomic E-state index is 9.65. The molecule has 0 aliphatic heterocycles. The first kappa shape index (κ1) is 31.9. The van der Waals surface area contributed by atoms with Crippen molar-refractivity contribution in [2.75, 3.05) is 6.54 Å². The minimum atomic E-state index is -0.563. The summed E-state index contributed by atoms with van der Waals surface area (Å²) < 4.78 is 0. The van der Waals surface area contributed by atoms with Crippen LogP contribution in [0.2, 0.25) is 0 Å². The van der Waals surface area contributed by atoms with Gasteiger partial charge < -0.3 is 10.2 Å². The Morgan fingerprint density at radius 3 is 1.19 bits per heavy atom. The van der Waals surface area contributed by atoms with E-state index in [-0.39, 0.29) is 0 Å². The van der Waals surface area contributed by atoms with E-state index in [1.54, 1.807) is 18.7 Å². The maximum Gasteiger partial charge on any atom is 0.106 e. The minimum absolute atomic E-state index is 0.563. The Kier molecular flexibility index (Phi) is 23.9. The van der Waals surface area contributed by atoms with Gasteiger partial charge in [0.25, 0.3) is 0 Å². The molecule has 0 heterocycles. The molecular weight excluding hydrogens is 394 g/mol. The van der Waals surface area contributed by atoms with Gasteiger partial charge in [-0.15, -0.1) is 0 Å². The van der Waals surface area contributed by atoms with Gasteiger partial charge >= 0.3 is 0 Å². The van der Waals surface area contributed by atoms with E-state index in [1.165, 1.54) is 128 Å². The molecule has 0 saturated heterocycles. The summed E-state index contributed by atoms with van der Waals surface area (Å²) in [6.07, 6.45) is 28.1. The molecule has 3 heteroatoms. The topological polar surface area (TPSA) is 43.7 Å². The highest BCUT2D eigenvalue weighted by Gasteiger charge is 2.14. The van der Waals surface area contributed by atoms with E-state index in [0.717, 1.165) is 18.9 Å². The molecule has 0 aromatic rings. The summed E-state index contributed by atoms with van der Waals surface area (Å²) in [4.78, 5) is 1.75. The molecule has 0 spiro atoms. The van der Waals surface area contributed by atoms with Crippen molar-refractivity contribution >= 4 is 0 Å². The number of hydrogen-bond acceptors (Lipinski definition) is 3. The molecule has 0 fully saturated rings. The average molecular weight is 456 g/mol. The van der Waals surface area contributed by atoms with Crippen LogP contribution in [0.3, 0.4) is 0 Å². The van der Waals surface area contributed by atoms with Crippen molar-refractivity contribution in [3.8, 4) is 0 Å². The van der Waals surface area contributed by atoms with Crippen LogP contribution in [-0.2, 0) is 0 Å². The summed E-state index contributed by atoms with van der Waals surface area (Å²) in [5.41, 5.74) is 0. The van der Waals surface area contributed by atoms with Crippen molar-refractivity contribution in [1.29, 1.82) is 0 Å². The van der Waals surface area contributed by atoms with Crippen molar-refractivity contribution in [3.05, 3.63) is 0 Å². The van der Waals surface area contributed by atoms with Gasteiger partial charge in [0.05, 0.1) is 0 Å². The first-order valence-corrected chi connectivity index (χ1v) is 14.6. The van der Waals surface area contributed by atoms with E-state index in [2.05, 4.69) is 13.8 Å². The van der Waals surface area contributed by atoms with Crippen LogP contribution in [0.1, 0.15) is 163 Å². The van der Waals surface area contributed by atoms with Crippen LogP contribution in [0, 0.1) is 5.92 Å². The fourth-order valence-corrected chi connectivity index (χ4v) is 4.95. The molecule has 0 radical (unpaired) electrons. The number of nitrogens with zero attached hydrogens (tertiary/aromatic N) is 1. The van der Waals surface area contributed by atoms with Crippen molar-refractivity contribution in [2.45, 2.75) is 175 Å². The lowest BCUT2D eigenvalue weighted by Gasteiger charge is -2.27. The van der Waals surface area contributed by atoms with Crippen LogP contribution < -0.4 is 0 Å². The highest BCUT2D eigenvalue weighted by Crippen LogP contribution is 2.22. The van der Waals surface area contributed by atoms with Crippen LogP contribution in [0.15, 0.2) is 0 Å². The second kappa shape index (κ2) is 24.0. The predicted molar refractivity (Wildman–Crippen MR) is 142 cm³/mol. The maximum absolute atomic E-state index is 9.65. The molecule has 0 saturated carbocycles. The summed E-state index contributed by atoms with van der Waals surface area (Å²) in [5.74, 6) is 0.967. The predicted octanol–water partition coefficient (Wildman–Crippen LogP) is 8.81. The van der Waals surface area contributed by atoms with Gasteiger partial charge in [-0.3, -0.25) is 4.90 Å². The zero-order valence-electron chi connectivity index (χ0n) is 22.6. The second-order valence-electron chi connectivity index (χ2n) is 10.4. The second-order valence-corrected chi connectivity index (χ2v) is 10.4. The normalized spacial score (nSPS) is 14.7. The van der Waals surface area contributed by atoms with Crippen molar-refractivity contribution in [1.82, 2.24) is 4.90 Å². The lowest BCUT2D eigenvalue weighted by molar-refractivity contribution is -0.0844. The zero-order chi connectivity index (χ0) is 23.9. The Morgan fingerprint density at radius 2 is 0.844 bits per heavy atom. The summed E-state index contributed by atoms with van der Waals surface area (Å²) >= 11 is 0. The standard InChI is InChI=1S/C29H61NO2/c1-5-7-8-9-10-11-12-15-18-21-24-29(6-2)25-22-19-16-13-14-17-20-23-26-30(27(3)31)28(4)32/h27-29,31-32H,5-26H2,1-4H3. The van der Waals surface area contributed by atoms with E-state index < -0.39 is 12.5 Å². The third kappa shape index (κ3) is 20.5. The van der Waals surface area contributed by atoms with Gasteiger partial charge in [0.15, 0.2) is 0 Å². The molecule has 194 valence electrons.